The molecule has 0 saturated carbocycles. The molecule has 8 unspecified atom stereocenters. The second kappa shape index (κ2) is 55.4. The van der Waals surface area contributed by atoms with Crippen LogP contribution in [0.1, 0.15) is 316 Å². The van der Waals surface area contributed by atoms with Gasteiger partial charge >= 0.3 is 5.97 Å². The van der Waals surface area contributed by atoms with Gasteiger partial charge in [-0.2, -0.15) is 0 Å². The van der Waals surface area contributed by atoms with E-state index in [9.17, 15) is 35.1 Å². The van der Waals surface area contributed by atoms with Crippen molar-refractivity contribution in [2.45, 2.75) is 365 Å². The molecular formula is C67H125NO10. The first-order valence-corrected chi connectivity index (χ1v) is 33.3. The molecule has 1 heterocycles. The molecule has 1 rings (SSSR count). The minimum absolute atomic E-state index is 0.127. The van der Waals surface area contributed by atoms with Crippen LogP contribution in [0.5, 0.6) is 0 Å². The van der Waals surface area contributed by atoms with Crippen molar-refractivity contribution in [3.8, 4) is 0 Å². The van der Waals surface area contributed by atoms with Gasteiger partial charge in [0.15, 0.2) is 12.4 Å². The number of hydrogen-bond donors (Lipinski definition) is 6. The van der Waals surface area contributed by atoms with Crippen molar-refractivity contribution in [3.05, 3.63) is 36.5 Å². The van der Waals surface area contributed by atoms with E-state index in [-0.39, 0.29) is 19.4 Å². The summed E-state index contributed by atoms with van der Waals surface area (Å²) in [6.45, 7) is 5.75. The first-order valence-electron chi connectivity index (χ1n) is 33.3. The number of aliphatic hydroxyl groups is 5. The molecule has 11 heteroatoms. The molecule has 0 radical (unpaired) electrons. The van der Waals surface area contributed by atoms with Crippen LogP contribution in [-0.4, -0.2) is 99.6 Å². The van der Waals surface area contributed by atoms with Crippen molar-refractivity contribution >= 4 is 11.9 Å². The third-order valence-corrected chi connectivity index (χ3v) is 15.8. The van der Waals surface area contributed by atoms with Crippen LogP contribution in [0.15, 0.2) is 36.5 Å². The lowest BCUT2D eigenvalue weighted by Crippen LogP contribution is -2.61. The van der Waals surface area contributed by atoms with Gasteiger partial charge in [-0.05, 0) is 70.6 Å². The number of carbonyl (C=O) groups is 2. The summed E-state index contributed by atoms with van der Waals surface area (Å²) < 4.78 is 17.6. The smallest absolute Gasteiger partial charge is 0.306 e. The molecule has 11 nitrogen and oxygen atoms in total. The van der Waals surface area contributed by atoms with Gasteiger partial charge in [0.25, 0.3) is 0 Å². The lowest BCUT2D eigenvalue weighted by atomic mass is 9.99. The molecule has 6 N–H and O–H groups in total. The monoisotopic (exact) mass is 1100 g/mol. The highest BCUT2D eigenvalue weighted by atomic mass is 16.7. The fourth-order valence-corrected chi connectivity index (χ4v) is 10.5. The van der Waals surface area contributed by atoms with E-state index in [4.69, 9.17) is 14.2 Å². The van der Waals surface area contributed by atoms with Gasteiger partial charge in [-0.3, -0.25) is 9.59 Å². The second-order valence-corrected chi connectivity index (χ2v) is 23.2. The van der Waals surface area contributed by atoms with E-state index in [1.54, 1.807) is 6.08 Å². The van der Waals surface area contributed by atoms with Gasteiger partial charge in [-0.15, -0.1) is 0 Å². The van der Waals surface area contributed by atoms with Crippen LogP contribution in [0.3, 0.4) is 0 Å². The Morgan fingerprint density at radius 3 is 1.28 bits per heavy atom. The van der Waals surface area contributed by atoms with Gasteiger partial charge in [0.2, 0.25) is 5.91 Å². The van der Waals surface area contributed by atoms with E-state index in [0.717, 1.165) is 70.6 Å². The van der Waals surface area contributed by atoms with Crippen molar-refractivity contribution in [3.63, 3.8) is 0 Å². The number of unbranched alkanes of at least 4 members (excludes halogenated alkanes) is 39. The van der Waals surface area contributed by atoms with E-state index in [0.29, 0.717) is 12.8 Å². The summed E-state index contributed by atoms with van der Waals surface area (Å²) >= 11 is 0. The Labute approximate surface area is 479 Å². The lowest BCUT2D eigenvalue weighted by Gasteiger charge is -2.41. The molecule has 1 amide bonds. The van der Waals surface area contributed by atoms with Crippen molar-refractivity contribution in [2.75, 3.05) is 13.2 Å². The Bertz CT molecular complexity index is 1410. The molecule has 1 saturated heterocycles. The second-order valence-electron chi connectivity index (χ2n) is 23.2. The van der Waals surface area contributed by atoms with Gasteiger partial charge in [0, 0.05) is 6.42 Å². The molecule has 0 aromatic carbocycles. The number of nitrogens with one attached hydrogen (secondary N) is 1. The van der Waals surface area contributed by atoms with Crippen LogP contribution in [-0.2, 0) is 23.8 Å². The third kappa shape index (κ3) is 42.7. The normalized spacial score (nSPS) is 19.1. The molecule has 0 spiro atoms. The molecule has 458 valence electrons. The summed E-state index contributed by atoms with van der Waals surface area (Å²) in [5.74, 6) is -1.19. The van der Waals surface area contributed by atoms with E-state index in [1.165, 1.54) is 199 Å². The van der Waals surface area contributed by atoms with Crippen LogP contribution in [0.4, 0.5) is 0 Å². The number of aliphatic hydroxyl groups excluding tert-OH is 5. The van der Waals surface area contributed by atoms with Crippen LogP contribution in [0, 0.1) is 0 Å². The van der Waals surface area contributed by atoms with Crippen LogP contribution < -0.4 is 5.32 Å². The Kier molecular flexibility index (Phi) is 52.5. The number of ether oxygens (including phenoxy) is 3. The molecule has 78 heavy (non-hydrogen) atoms. The summed E-state index contributed by atoms with van der Waals surface area (Å²) in [4.78, 5) is 26.5. The van der Waals surface area contributed by atoms with Crippen molar-refractivity contribution < 1.29 is 49.3 Å². The quantitative estimate of drug-likeness (QED) is 0.0195. The minimum Gasteiger partial charge on any atom is -0.454 e. The Morgan fingerprint density at radius 2 is 0.859 bits per heavy atom. The van der Waals surface area contributed by atoms with Crippen molar-refractivity contribution in [2.24, 2.45) is 0 Å². The zero-order valence-electron chi connectivity index (χ0n) is 50.8. The minimum atomic E-state index is -1.61. The maximum absolute atomic E-state index is 13.4. The summed E-state index contributed by atoms with van der Waals surface area (Å²) in [7, 11) is 0. The Balaban J connectivity index is 2.50. The fourth-order valence-electron chi connectivity index (χ4n) is 10.5. The van der Waals surface area contributed by atoms with E-state index in [2.05, 4.69) is 50.4 Å². The van der Waals surface area contributed by atoms with E-state index < -0.39 is 67.4 Å². The molecule has 1 fully saturated rings. The van der Waals surface area contributed by atoms with Gasteiger partial charge in [0.1, 0.15) is 24.4 Å². The van der Waals surface area contributed by atoms with Crippen LogP contribution in [0.2, 0.25) is 0 Å². The SMILES string of the molecule is CCCC/C=C\CCCCCCC(O)C(=O)NC(COC1OC(CO)C(O)C(O)C1OC(=O)CCCCCCCCCCCCCCCCCCC/C=C/CCCCCCCC)C(O)/C=C/CCCCCCCCCCCC. The first-order chi connectivity index (χ1) is 38.2. The molecule has 0 bridgehead atoms. The highest BCUT2D eigenvalue weighted by molar-refractivity contribution is 5.80. The number of amides is 1. The third-order valence-electron chi connectivity index (χ3n) is 15.8. The topological polar surface area (TPSA) is 175 Å². The van der Waals surface area contributed by atoms with Gasteiger partial charge < -0.3 is 45.1 Å². The summed E-state index contributed by atoms with van der Waals surface area (Å²) in [5, 5.41) is 56.9. The largest absolute Gasteiger partial charge is 0.454 e. The van der Waals surface area contributed by atoms with Crippen LogP contribution in [0.25, 0.3) is 0 Å². The fraction of sp³-hybridized carbons (Fsp3) is 0.881. The summed E-state index contributed by atoms with van der Waals surface area (Å²) in [5.41, 5.74) is 0. The molecule has 0 aromatic rings. The molecule has 0 aromatic heterocycles. The Hall–Kier alpha value is -2.12. The van der Waals surface area contributed by atoms with Crippen LogP contribution >= 0.6 is 0 Å². The molecule has 1 aliphatic heterocycles. The maximum atomic E-state index is 13.4. The highest BCUT2D eigenvalue weighted by Gasteiger charge is 2.47. The lowest BCUT2D eigenvalue weighted by molar-refractivity contribution is -0.305. The van der Waals surface area contributed by atoms with E-state index in [1.807, 2.05) is 6.08 Å². The average Bonchev–Trinajstić information content (AvgIpc) is 3.46. The Morgan fingerprint density at radius 1 is 0.487 bits per heavy atom. The zero-order valence-corrected chi connectivity index (χ0v) is 50.8. The molecular weight excluding hydrogens is 979 g/mol. The number of rotatable bonds is 57. The zero-order chi connectivity index (χ0) is 56.8. The van der Waals surface area contributed by atoms with Crippen molar-refractivity contribution in [1.29, 1.82) is 0 Å². The predicted molar refractivity (Wildman–Crippen MR) is 324 cm³/mol. The van der Waals surface area contributed by atoms with Gasteiger partial charge in [-0.25, -0.2) is 0 Å². The molecule has 0 aliphatic carbocycles. The molecule has 1 aliphatic rings. The average molecular weight is 1100 g/mol. The van der Waals surface area contributed by atoms with Crippen molar-refractivity contribution in [1.82, 2.24) is 5.32 Å². The standard InChI is InChI=1S/C67H125NO10/c1-4-7-10-13-16-19-22-24-25-26-27-28-29-30-31-32-33-34-35-36-37-38-40-43-46-49-52-55-62(72)78-65-64(74)63(73)61(56-69)77-67(65)76-57-58(59(70)53-50-47-44-42-39-23-20-17-14-11-8-5-2)68-66(75)60(71)54-51-48-45-41-21-18-15-12-9-6-3/h15,18,24-25,50,53,58-61,63-65,67,69-71,73-74H,4-14,16-17,19-23,26-49,51-52,54-57H2,1-3H3,(H,68,75)/b18-15-,25-24+,53-50+. The number of allylic oxidation sites excluding steroid dienone is 5. The summed E-state index contributed by atoms with van der Waals surface area (Å²) in [6, 6.07) is -1.02. The number of carbonyl (C=O) groups excluding carboxylic acids is 2. The highest BCUT2D eigenvalue weighted by Crippen LogP contribution is 2.26. The predicted octanol–water partition coefficient (Wildman–Crippen LogP) is 16.2. The van der Waals surface area contributed by atoms with E-state index >= 15 is 0 Å². The molecule has 8 atom stereocenters. The number of esters is 1. The first kappa shape index (κ1) is 73.9. The van der Waals surface area contributed by atoms with Gasteiger partial charge in [0.05, 0.1) is 25.4 Å². The summed E-state index contributed by atoms with van der Waals surface area (Å²) in [6.07, 6.45) is 56.4. The maximum Gasteiger partial charge on any atom is 0.306 e. The number of hydrogen-bond acceptors (Lipinski definition) is 10. The van der Waals surface area contributed by atoms with Gasteiger partial charge in [-0.1, -0.05) is 276 Å².